The summed E-state index contributed by atoms with van der Waals surface area (Å²) in [5.41, 5.74) is 0.176. The van der Waals surface area contributed by atoms with Gasteiger partial charge in [0.15, 0.2) is 0 Å². The normalized spacial score (nSPS) is 37.1. The first-order valence-electron chi connectivity index (χ1n) is 3.94. The lowest BCUT2D eigenvalue weighted by molar-refractivity contribution is 0.596. The van der Waals surface area contributed by atoms with Crippen molar-refractivity contribution in [3.8, 4) is 12.3 Å². The largest absolute Gasteiger partial charge is 0.312 e. The van der Waals surface area contributed by atoms with Gasteiger partial charge in [0.2, 0.25) is 0 Å². The van der Waals surface area contributed by atoms with Gasteiger partial charge >= 0.3 is 0 Å². The van der Waals surface area contributed by atoms with E-state index in [0.717, 1.165) is 13.0 Å². The Labute approximate surface area is 63.2 Å². The molecule has 1 rings (SSSR count). The number of hydrogen-bond donors (Lipinski definition) is 1. The first kappa shape index (κ1) is 7.63. The molecule has 1 nitrogen and oxygen atoms in total. The molecular weight excluding hydrogens is 122 g/mol. The van der Waals surface area contributed by atoms with Crippen molar-refractivity contribution >= 4 is 0 Å². The Morgan fingerprint density at radius 2 is 2.50 bits per heavy atom. The molecule has 2 unspecified atom stereocenters. The maximum atomic E-state index is 5.34. The summed E-state index contributed by atoms with van der Waals surface area (Å²) in [6, 6.07) is 0.595. The highest BCUT2D eigenvalue weighted by atomic mass is 15.0. The van der Waals surface area contributed by atoms with E-state index in [-0.39, 0.29) is 5.41 Å². The molecule has 0 heterocycles. The van der Waals surface area contributed by atoms with E-state index in [4.69, 9.17) is 6.42 Å². The molecule has 0 aromatic rings. The average Bonchev–Trinajstić information content (AvgIpc) is 2.59. The lowest BCUT2D eigenvalue weighted by Gasteiger charge is -2.02. The van der Waals surface area contributed by atoms with Crippen molar-refractivity contribution in [3.63, 3.8) is 0 Å². The van der Waals surface area contributed by atoms with Crippen molar-refractivity contribution in [2.75, 3.05) is 6.54 Å². The molecule has 0 saturated heterocycles. The van der Waals surface area contributed by atoms with Crippen LogP contribution < -0.4 is 5.32 Å². The molecule has 1 aliphatic rings. The molecule has 0 radical (unpaired) electrons. The summed E-state index contributed by atoms with van der Waals surface area (Å²) in [6.07, 6.45) is 7.69. The Balaban J connectivity index is 2.20. The predicted octanol–water partition coefficient (Wildman–Crippen LogP) is 1.40. The van der Waals surface area contributed by atoms with Crippen molar-refractivity contribution in [2.45, 2.75) is 32.7 Å². The molecule has 1 saturated carbocycles. The van der Waals surface area contributed by atoms with Crippen LogP contribution in [0.2, 0.25) is 0 Å². The van der Waals surface area contributed by atoms with Gasteiger partial charge in [-0.3, -0.25) is 0 Å². The molecule has 10 heavy (non-hydrogen) atoms. The Bertz CT molecular complexity index is 157. The third-order valence-electron chi connectivity index (χ3n) is 2.21. The van der Waals surface area contributed by atoms with Crippen molar-refractivity contribution in [2.24, 2.45) is 5.41 Å². The zero-order chi connectivity index (χ0) is 7.61. The summed E-state index contributed by atoms with van der Waals surface area (Å²) in [7, 11) is 0. The van der Waals surface area contributed by atoms with Gasteiger partial charge in [0.25, 0.3) is 0 Å². The van der Waals surface area contributed by atoms with Crippen LogP contribution in [0, 0.1) is 17.8 Å². The van der Waals surface area contributed by atoms with E-state index >= 15 is 0 Å². The lowest BCUT2D eigenvalue weighted by Crippen LogP contribution is -2.21. The van der Waals surface area contributed by atoms with E-state index in [9.17, 15) is 0 Å². The minimum absolute atomic E-state index is 0.176. The van der Waals surface area contributed by atoms with Crippen molar-refractivity contribution < 1.29 is 0 Å². The predicted molar refractivity (Wildman–Crippen MR) is 43.6 cm³/mol. The number of hydrogen-bond acceptors (Lipinski definition) is 1. The maximum Gasteiger partial charge on any atom is 0.0452 e. The van der Waals surface area contributed by atoms with Crippen LogP contribution in [0.15, 0.2) is 0 Å². The second-order valence-electron chi connectivity index (χ2n) is 3.27. The van der Waals surface area contributed by atoms with E-state index in [1.54, 1.807) is 0 Å². The summed E-state index contributed by atoms with van der Waals surface area (Å²) in [5.74, 6) is 2.81. The Morgan fingerprint density at radius 3 is 2.90 bits per heavy atom. The molecule has 1 heteroatoms. The van der Waals surface area contributed by atoms with E-state index in [0.29, 0.717) is 6.04 Å². The third kappa shape index (κ3) is 1.33. The second kappa shape index (κ2) is 2.64. The average molecular weight is 137 g/mol. The highest BCUT2D eigenvalue weighted by Gasteiger charge is 2.48. The molecule has 0 aromatic heterocycles. The monoisotopic (exact) mass is 137 g/mol. The molecule has 0 aromatic carbocycles. The van der Waals surface area contributed by atoms with Crippen molar-refractivity contribution in [3.05, 3.63) is 0 Å². The van der Waals surface area contributed by atoms with Gasteiger partial charge in [-0.25, -0.2) is 0 Å². The van der Waals surface area contributed by atoms with Crippen molar-refractivity contribution in [1.82, 2.24) is 5.32 Å². The van der Waals surface area contributed by atoms with Crippen LogP contribution >= 0.6 is 0 Å². The number of terminal acetylenes is 1. The van der Waals surface area contributed by atoms with E-state index in [1.165, 1.54) is 6.42 Å². The Kier molecular flexibility index (Phi) is 2.01. The standard InChI is InChI=1S/C9H15N/c1-4-6-10-8-7-9(8,3)5-2/h2,8,10H,4,6-7H2,1,3H3. The molecule has 1 fully saturated rings. The zero-order valence-corrected chi connectivity index (χ0v) is 6.78. The fraction of sp³-hybridized carbons (Fsp3) is 0.778. The first-order chi connectivity index (χ1) is 4.73. The van der Waals surface area contributed by atoms with Crippen molar-refractivity contribution in [1.29, 1.82) is 0 Å². The van der Waals surface area contributed by atoms with Crippen LogP contribution in [0.3, 0.4) is 0 Å². The van der Waals surface area contributed by atoms with E-state index in [1.807, 2.05) is 0 Å². The minimum Gasteiger partial charge on any atom is -0.312 e. The first-order valence-corrected chi connectivity index (χ1v) is 3.94. The fourth-order valence-corrected chi connectivity index (χ4v) is 1.14. The number of rotatable bonds is 3. The smallest absolute Gasteiger partial charge is 0.0452 e. The summed E-state index contributed by atoms with van der Waals surface area (Å²) in [5, 5.41) is 3.41. The van der Waals surface area contributed by atoms with Gasteiger partial charge in [-0.1, -0.05) is 12.8 Å². The summed E-state index contributed by atoms with van der Waals surface area (Å²) < 4.78 is 0. The SMILES string of the molecule is C#CC1(C)CC1NCCC. The third-order valence-corrected chi connectivity index (χ3v) is 2.21. The van der Waals surface area contributed by atoms with E-state index < -0.39 is 0 Å². The molecule has 1 N–H and O–H groups in total. The molecule has 0 bridgehead atoms. The summed E-state index contributed by atoms with van der Waals surface area (Å²) >= 11 is 0. The highest BCUT2D eigenvalue weighted by molar-refractivity contribution is 5.21. The van der Waals surface area contributed by atoms with Gasteiger partial charge < -0.3 is 5.32 Å². The lowest BCUT2D eigenvalue weighted by atomic mass is 10.1. The van der Waals surface area contributed by atoms with Gasteiger partial charge in [-0.2, -0.15) is 0 Å². The molecule has 0 amide bonds. The van der Waals surface area contributed by atoms with Crippen LogP contribution in [0.5, 0.6) is 0 Å². The summed E-state index contributed by atoms with van der Waals surface area (Å²) in [4.78, 5) is 0. The Morgan fingerprint density at radius 1 is 1.80 bits per heavy atom. The van der Waals surface area contributed by atoms with Crippen LogP contribution in [-0.4, -0.2) is 12.6 Å². The quantitative estimate of drug-likeness (QED) is 0.580. The highest BCUT2D eigenvalue weighted by Crippen LogP contribution is 2.44. The Hall–Kier alpha value is -0.480. The minimum atomic E-state index is 0.176. The molecular formula is C9H15N. The van der Waals surface area contributed by atoms with E-state index in [2.05, 4.69) is 25.1 Å². The summed E-state index contributed by atoms with van der Waals surface area (Å²) in [6.45, 7) is 5.41. The molecule has 56 valence electrons. The zero-order valence-electron chi connectivity index (χ0n) is 6.78. The second-order valence-corrected chi connectivity index (χ2v) is 3.27. The topological polar surface area (TPSA) is 12.0 Å². The van der Waals surface area contributed by atoms with Gasteiger partial charge in [-0.15, -0.1) is 6.42 Å². The number of nitrogens with one attached hydrogen (secondary N) is 1. The molecule has 0 spiro atoms. The fourth-order valence-electron chi connectivity index (χ4n) is 1.14. The van der Waals surface area contributed by atoms with Crippen LogP contribution in [0.1, 0.15) is 26.7 Å². The van der Waals surface area contributed by atoms with Gasteiger partial charge in [0.1, 0.15) is 0 Å². The van der Waals surface area contributed by atoms with Gasteiger partial charge in [0.05, 0.1) is 0 Å². The van der Waals surface area contributed by atoms with Crippen LogP contribution in [0.4, 0.5) is 0 Å². The molecule has 2 atom stereocenters. The van der Waals surface area contributed by atoms with Crippen LogP contribution in [-0.2, 0) is 0 Å². The van der Waals surface area contributed by atoms with Crippen LogP contribution in [0.25, 0.3) is 0 Å². The molecule has 1 aliphatic carbocycles. The molecule has 0 aliphatic heterocycles. The maximum absolute atomic E-state index is 5.34. The van der Waals surface area contributed by atoms with Gasteiger partial charge in [0, 0.05) is 11.5 Å². The van der Waals surface area contributed by atoms with Gasteiger partial charge in [-0.05, 0) is 26.3 Å².